The van der Waals surface area contributed by atoms with Crippen molar-refractivity contribution in [2.24, 2.45) is 0 Å². The van der Waals surface area contributed by atoms with Gasteiger partial charge in [0.15, 0.2) is 0 Å². The average molecular weight is 414 g/mol. The number of thiophene rings is 1. The normalized spacial score (nSPS) is 19.6. The fourth-order valence-corrected chi connectivity index (χ4v) is 5.39. The zero-order valence-corrected chi connectivity index (χ0v) is 15.2. The summed E-state index contributed by atoms with van der Waals surface area (Å²) in [5.41, 5.74) is 2.52. The number of carbonyl (C=O) groups is 1. The minimum absolute atomic E-state index is 0.0805. The molecule has 0 radical (unpaired) electrons. The highest BCUT2D eigenvalue weighted by atomic mass is 79.9. The Labute approximate surface area is 151 Å². The van der Waals surface area contributed by atoms with Gasteiger partial charge in [0.2, 0.25) is 0 Å². The summed E-state index contributed by atoms with van der Waals surface area (Å²) in [6.07, 6.45) is 3.83. The third-order valence-corrected chi connectivity index (χ3v) is 6.36. The number of hydrogen-bond donors (Lipinski definition) is 3. The molecule has 2 aliphatic rings. The second-order valence-corrected chi connectivity index (χ2v) is 8.19. The smallest absolute Gasteiger partial charge is 0.256 e. The van der Waals surface area contributed by atoms with E-state index in [-0.39, 0.29) is 11.7 Å². The molecule has 0 spiro atoms. The Balaban J connectivity index is 1.76. The van der Waals surface area contributed by atoms with Crippen molar-refractivity contribution in [2.75, 3.05) is 5.32 Å². The molecule has 4 rings (SSSR count). The molecular weight excluding hydrogens is 400 g/mol. The van der Waals surface area contributed by atoms with Crippen molar-refractivity contribution in [1.82, 2.24) is 5.32 Å². The minimum Gasteiger partial charge on any atom is -0.506 e. The quantitative estimate of drug-likeness (QED) is 0.640. The van der Waals surface area contributed by atoms with Crippen molar-refractivity contribution < 1.29 is 9.90 Å². The minimum atomic E-state index is -0.495. The highest BCUT2D eigenvalue weighted by molar-refractivity contribution is 9.10. The van der Waals surface area contributed by atoms with Gasteiger partial charge in [-0.3, -0.25) is 4.79 Å². The van der Waals surface area contributed by atoms with Crippen LogP contribution in [0.15, 0.2) is 16.6 Å². The number of nitrogens with one attached hydrogen (secondary N) is 2. The van der Waals surface area contributed by atoms with Gasteiger partial charge >= 0.3 is 0 Å². The Morgan fingerprint density at radius 1 is 1.26 bits per heavy atom. The van der Waals surface area contributed by atoms with E-state index in [9.17, 15) is 9.90 Å². The maximum absolute atomic E-state index is 12.6. The van der Waals surface area contributed by atoms with Gasteiger partial charge in [0.05, 0.1) is 10.0 Å². The van der Waals surface area contributed by atoms with Crippen LogP contribution < -0.4 is 10.6 Å². The number of carbonyl (C=O) groups excluding carboxylic acids is 1. The fraction of sp³-hybridized carbons (Fsp3) is 0.312. The fourth-order valence-electron chi connectivity index (χ4n) is 3.24. The van der Waals surface area contributed by atoms with E-state index in [1.54, 1.807) is 23.5 Å². The number of halogens is 2. The van der Waals surface area contributed by atoms with Crippen molar-refractivity contribution in [3.05, 3.63) is 43.2 Å². The molecule has 0 saturated heterocycles. The number of aromatic hydroxyl groups is 1. The molecule has 0 unspecified atom stereocenters. The van der Waals surface area contributed by atoms with Gasteiger partial charge in [0.1, 0.15) is 16.9 Å². The van der Waals surface area contributed by atoms with Crippen molar-refractivity contribution in [2.45, 2.75) is 31.8 Å². The first kappa shape index (κ1) is 15.3. The average Bonchev–Trinajstić information content (AvgIpc) is 2.89. The number of aryl methyl sites for hydroxylation is 1. The molecule has 1 atom stereocenters. The zero-order chi connectivity index (χ0) is 16.1. The maximum atomic E-state index is 12.6. The lowest BCUT2D eigenvalue weighted by Crippen LogP contribution is -2.38. The summed E-state index contributed by atoms with van der Waals surface area (Å²) in [5.74, 6) is -0.00406. The Morgan fingerprint density at radius 3 is 2.87 bits per heavy atom. The van der Waals surface area contributed by atoms with Gasteiger partial charge in [-0.25, -0.2) is 0 Å². The Bertz CT molecular complexity index is 821. The third-order valence-electron chi connectivity index (χ3n) is 4.32. The monoisotopic (exact) mass is 412 g/mol. The SMILES string of the molecule is O=C1N[C@@H](c2cc(Cl)cc(Br)c2O)Nc2sc3c(c21)CCCC3. The Hall–Kier alpha value is -1.24. The number of benzene rings is 1. The van der Waals surface area contributed by atoms with Gasteiger partial charge in [0, 0.05) is 15.5 Å². The molecule has 0 bridgehead atoms. The molecule has 0 fully saturated rings. The maximum Gasteiger partial charge on any atom is 0.256 e. The van der Waals surface area contributed by atoms with E-state index in [1.165, 1.54) is 16.9 Å². The lowest BCUT2D eigenvalue weighted by atomic mass is 9.94. The summed E-state index contributed by atoms with van der Waals surface area (Å²) in [6, 6.07) is 3.29. The van der Waals surface area contributed by atoms with Crippen LogP contribution >= 0.6 is 38.9 Å². The summed E-state index contributed by atoms with van der Waals surface area (Å²) in [6.45, 7) is 0. The molecule has 120 valence electrons. The number of anilines is 1. The van der Waals surface area contributed by atoms with Gasteiger partial charge in [-0.15, -0.1) is 11.3 Å². The standard InChI is InChI=1S/C16H14BrClN2O2S/c17-10-6-7(18)5-9(13(10)21)14-19-15(22)12-8-3-1-2-4-11(8)23-16(12)20-14/h5-6,14,20-21H,1-4H2,(H,19,22)/t14-/m1/s1. The molecular formula is C16H14BrClN2O2S. The van der Waals surface area contributed by atoms with Crippen molar-refractivity contribution in [3.8, 4) is 5.75 Å². The van der Waals surface area contributed by atoms with Gasteiger partial charge in [-0.05, 0) is 59.3 Å². The zero-order valence-electron chi connectivity index (χ0n) is 12.1. The number of fused-ring (bicyclic) bond motifs is 3. The van der Waals surface area contributed by atoms with Crippen LogP contribution in [-0.2, 0) is 12.8 Å². The van der Waals surface area contributed by atoms with Crippen molar-refractivity contribution >= 4 is 49.8 Å². The topological polar surface area (TPSA) is 61.4 Å². The molecule has 0 saturated carbocycles. The Kier molecular flexibility index (Phi) is 3.78. The van der Waals surface area contributed by atoms with E-state index < -0.39 is 6.17 Å². The van der Waals surface area contributed by atoms with Crippen LogP contribution in [0.25, 0.3) is 0 Å². The van der Waals surface area contributed by atoms with Crippen LogP contribution in [0.1, 0.15) is 45.4 Å². The number of hydrogen-bond acceptors (Lipinski definition) is 4. The van der Waals surface area contributed by atoms with Crippen LogP contribution in [0.2, 0.25) is 5.02 Å². The molecule has 2 heterocycles. The lowest BCUT2D eigenvalue weighted by molar-refractivity contribution is 0.0935. The summed E-state index contributed by atoms with van der Waals surface area (Å²) in [5, 5.41) is 17.9. The van der Waals surface area contributed by atoms with Crippen molar-refractivity contribution in [1.29, 1.82) is 0 Å². The number of rotatable bonds is 1. The van der Waals surface area contributed by atoms with Crippen molar-refractivity contribution in [3.63, 3.8) is 0 Å². The van der Waals surface area contributed by atoms with Crippen LogP contribution in [0.4, 0.5) is 5.00 Å². The van der Waals surface area contributed by atoms with E-state index >= 15 is 0 Å². The highest BCUT2D eigenvalue weighted by Gasteiger charge is 2.33. The molecule has 3 N–H and O–H groups in total. The van der Waals surface area contributed by atoms with E-state index in [2.05, 4.69) is 26.6 Å². The summed E-state index contributed by atoms with van der Waals surface area (Å²) < 4.78 is 0.507. The van der Waals surface area contributed by atoms with Gasteiger partial charge in [0.25, 0.3) is 5.91 Å². The molecule has 7 heteroatoms. The third kappa shape index (κ3) is 2.53. The van der Waals surface area contributed by atoms with Gasteiger partial charge < -0.3 is 15.7 Å². The first-order chi connectivity index (χ1) is 11.0. The molecule has 1 aliphatic heterocycles. The molecule has 2 aromatic rings. The summed E-state index contributed by atoms with van der Waals surface area (Å²) in [4.78, 5) is 13.9. The summed E-state index contributed by atoms with van der Waals surface area (Å²) >= 11 is 11.0. The molecule has 4 nitrogen and oxygen atoms in total. The van der Waals surface area contributed by atoms with E-state index in [4.69, 9.17) is 11.6 Å². The summed E-state index contributed by atoms with van der Waals surface area (Å²) in [7, 11) is 0. The van der Waals surface area contributed by atoms with Gasteiger partial charge in [-0.1, -0.05) is 11.6 Å². The number of phenolic OH excluding ortho intramolecular Hbond substituents is 1. The predicted molar refractivity (Wildman–Crippen MR) is 95.6 cm³/mol. The number of phenols is 1. The van der Waals surface area contributed by atoms with E-state index in [1.807, 2.05) is 0 Å². The largest absolute Gasteiger partial charge is 0.506 e. The van der Waals surface area contributed by atoms with Crippen LogP contribution in [0.3, 0.4) is 0 Å². The first-order valence-electron chi connectivity index (χ1n) is 7.44. The first-order valence-corrected chi connectivity index (χ1v) is 9.43. The highest BCUT2D eigenvalue weighted by Crippen LogP contribution is 2.43. The Morgan fingerprint density at radius 2 is 2.04 bits per heavy atom. The van der Waals surface area contributed by atoms with E-state index in [0.717, 1.165) is 29.8 Å². The molecule has 1 aromatic carbocycles. The van der Waals surface area contributed by atoms with Crippen LogP contribution in [-0.4, -0.2) is 11.0 Å². The molecule has 1 aromatic heterocycles. The number of amides is 1. The second kappa shape index (κ2) is 5.69. The van der Waals surface area contributed by atoms with Gasteiger partial charge in [-0.2, -0.15) is 0 Å². The molecule has 1 amide bonds. The second-order valence-electron chi connectivity index (χ2n) is 5.79. The van der Waals surface area contributed by atoms with Crippen LogP contribution in [0.5, 0.6) is 5.75 Å². The predicted octanol–water partition coefficient (Wildman–Crippen LogP) is 4.60. The lowest BCUT2D eigenvalue weighted by Gasteiger charge is -2.27. The van der Waals surface area contributed by atoms with Crippen LogP contribution in [0, 0.1) is 0 Å². The molecule has 1 aliphatic carbocycles. The van der Waals surface area contributed by atoms with E-state index in [0.29, 0.717) is 15.1 Å². The molecule has 23 heavy (non-hydrogen) atoms.